The van der Waals surface area contributed by atoms with Crippen molar-refractivity contribution in [2.45, 2.75) is 12.1 Å². The van der Waals surface area contributed by atoms with E-state index in [4.69, 9.17) is 9.72 Å². The van der Waals surface area contributed by atoms with Crippen LogP contribution in [0.5, 0.6) is 5.75 Å². The lowest BCUT2D eigenvalue weighted by atomic mass is 10.1. The third kappa shape index (κ3) is 3.38. The zero-order valence-corrected chi connectivity index (χ0v) is 16.4. The van der Waals surface area contributed by atoms with Crippen LogP contribution in [0.1, 0.15) is 6.92 Å². The fourth-order valence-corrected chi connectivity index (χ4v) is 3.75. The van der Waals surface area contributed by atoms with Crippen molar-refractivity contribution >= 4 is 34.2 Å². The summed E-state index contributed by atoms with van der Waals surface area (Å²) in [7, 11) is 1.63. The molecule has 0 saturated heterocycles. The lowest BCUT2D eigenvalue weighted by Gasteiger charge is -2.10. The van der Waals surface area contributed by atoms with Crippen LogP contribution in [-0.4, -0.2) is 44.9 Å². The number of benzene rings is 2. The fourth-order valence-electron chi connectivity index (χ4n) is 2.99. The molecule has 0 saturated carbocycles. The van der Waals surface area contributed by atoms with Crippen LogP contribution in [0, 0.1) is 0 Å². The summed E-state index contributed by atoms with van der Waals surface area (Å²) in [5.41, 5.74) is 2.43. The molecule has 0 fully saturated rings. The zero-order valence-electron chi connectivity index (χ0n) is 15.5. The minimum absolute atomic E-state index is 0.0408. The second kappa shape index (κ2) is 7.85. The van der Waals surface area contributed by atoms with Crippen LogP contribution >= 0.6 is 11.8 Å². The molecule has 0 aliphatic carbocycles. The molecular formula is C20H19N5O2S. The summed E-state index contributed by atoms with van der Waals surface area (Å²) in [5, 5.41) is 13.0. The van der Waals surface area contributed by atoms with Gasteiger partial charge in [-0.25, -0.2) is 4.98 Å². The maximum absolute atomic E-state index is 11.9. The van der Waals surface area contributed by atoms with Gasteiger partial charge in [0, 0.05) is 17.5 Å². The predicted molar refractivity (Wildman–Crippen MR) is 110 cm³/mol. The van der Waals surface area contributed by atoms with E-state index in [2.05, 4.69) is 15.5 Å². The molecule has 4 aromatic rings. The maximum Gasteiger partial charge on any atom is 0.230 e. The maximum atomic E-state index is 11.9. The number of hydrogen-bond acceptors (Lipinski definition) is 6. The monoisotopic (exact) mass is 393 g/mol. The minimum atomic E-state index is -0.0408. The van der Waals surface area contributed by atoms with Crippen LogP contribution in [0.2, 0.25) is 0 Å². The van der Waals surface area contributed by atoms with Crippen molar-refractivity contribution in [3.05, 3.63) is 48.5 Å². The number of methoxy groups -OCH3 is 1. The number of carbonyl (C=O) groups is 1. The van der Waals surface area contributed by atoms with E-state index in [9.17, 15) is 4.79 Å². The van der Waals surface area contributed by atoms with Crippen LogP contribution in [-0.2, 0) is 4.79 Å². The summed E-state index contributed by atoms with van der Waals surface area (Å²) in [6, 6.07) is 15.5. The van der Waals surface area contributed by atoms with Crippen molar-refractivity contribution in [1.82, 2.24) is 24.9 Å². The Labute approximate surface area is 166 Å². The number of amides is 1. The molecule has 28 heavy (non-hydrogen) atoms. The van der Waals surface area contributed by atoms with E-state index in [0.717, 1.165) is 22.2 Å². The summed E-state index contributed by atoms with van der Waals surface area (Å²) < 4.78 is 7.27. The van der Waals surface area contributed by atoms with Crippen LogP contribution in [0.15, 0.2) is 53.7 Å². The Morgan fingerprint density at radius 3 is 2.86 bits per heavy atom. The lowest BCUT2D eigenvalue weighted by molar-refractivity contribution is -0.118. The van der Waals surface area contributed by atoms with Gasteiger partial charge in [0.2, 0.25) is 5.91 Å². The van der Waals surface area contributed by atoms with E-state index in [1.54, 1.807) is 7.11 Å². The van der Waals surface area contributed by atoms with Crippen molar-refractivity contribution in [1.29, 1.82) is 0 Å². The average Bonchev–Trinajstić information content (AvgIpc) is 3.16. The van der Waals surface area contributed by atoms with E-state index < -0.39 is 0 Å². The highest BCUT2D eigenvalue weighted by molar-refractivity contribution is 7.99. The Morgan fingerprint density at radius 1 is 1.18 bits per heavy atom. The van der Waals surface area contributed by atoms with Gasteiger partial charge in [-0.1, -0.05) is 36.0 Å². The summed E-state index contributed by atoms with van der Waals surface area (Å²) >= 11 is 1.34. The van der Waals surface area contributed by atoms with Gasteiger partial charge < -0.3 is 10.1 Å². The summed E-state index contributed by atoms with van der Waals surface area (Å²) in [6.07, 6.45) is 0. The predicted octanol–water partition coefficient (Wildman–Crippen LogP) is 3.18. The Kier molecular flexibility index (Phi) is 5.12. The molecule has 0 atom stereocenters. The number of rotatable bonds is 6. The Balaban J connectivity index is 1.90. The normalized spacial score (nSPS) is 11.1. The number of hydrogen-bond donors (Lipinski definition) is 1. The van der Waals surface area contributed by atoms with E-state index in [1.165, 1.54) is 11.8 Å². The van der Waals surface area contributed by atoms with Crippen molar-refractivity contribution in [3.8, 4) is 17.1 Å². The first kappa shape index (κ1) is 18.2. The molecule has 0 radical (unpaired) electrons. The lowest BCUT2D eigenvalue weighted by Crippen LogP contribution is -2.24. The molecule has 0 unspecified atom stereocenters. The third-order valence-corrected chi connectivity index (χ3v) is 5.18. The van der Waals surface area contributed by atoms with Gasteiger partial charge in [-0.05, 0) is 31.2 Å². The van der Waals surface area contributed by atoms with Crippen molar-refractivity contribution < 1.29 is 9.53 Å². The number of ether oxygens (including phenoxy) is 1. The molecule has 2 heterocycles. The quantitative estimate of drug-likeness (QED) is 0.507. The molecule has 8 heteroatoms. The molecule has 0 aliphatic rings. The summed E-state index contributed by atoms with van der Waals surface area (Å²) in [4.78, 5) is 16.8. The van der Waals surface area contributed by atoms with Gasteiger partial charge in [0.15, 0.2) is 10.8 Å². The molecule has 0 aliphatic heterocycles. The van der Waals surface area contributed by atoms with Gasteiger partial charge in [-0.15, -0.1) is 10.2 Å². The third-order valence-electron chi connectivity index (χ3n) is 4.25. The molecule has 2 aromatic carbocycles. The van der Waals surface area contributed by atoms with Crippen LogP contribution < -0.4 is 10.1 Å². The number of carbonyl (C=O) groups excluding carboxylic acids is 1. The van der Waals surface area contributed by atoms with Gasteiger partial charge in [-0.2, -0.15) is 0 Å². The Bertz CT molecular complexity index is 1160. The topological polar surface area (TPSA) is 81.4 Å². The Morgan fingerprint density at radius 2 is 2.04 bits per heavy atom. The van der Waals surface area contributed by atoms with Gasteiger partial charge in [0.05, 0.1) is 18.4 Å². The second-order valence-corrected chi connectivity index (χ2v) is 7.01. The van der Waals surface area contributed by atoms with Gasteiger partial charge in [0.25, 0.3) is 0 Å². The first-order valence-electron chi connectivity index (χ1n) is 8.89. The van der Waals surface area contributed by atoms with Gasteiger partial charge in [-0.3, -0.25) is 9.20 Å². The molecule has 2 aromatic heterocycles. The molecule has 4 rings (SSSR count). The van der Waals surface area contributed by atoms with Crippen molar-refractivity contribution in [2.24, 2.45) is 0 Å². The van der Waals surface area contributed by atoms with Crippen LogP contribution in [0.3, 0.4) is 0 Å². The number of para-hydroxylation sites is 1. The number of fused-ring (bicyclic) bond motifs is 3. The fraction of sp³-hybridized carbons (Fsp3) is 0.200. The highest BCUT2D eigenvalue weighted by Gasteiger charge is 2.17. The minimum Gasteiger partial charge on any atom is -0.497 e. The van der Waals surface area contributed by atoms with Crippen molar-refractivity contribution in [2.75, 3.05) is 19.4 Å². The molecule has 1 amide bonds. The van der Waals surface area contributed by atoms with E-state index in [-0.39, 0.29) is 11.7 Å². The molecule has 142 valence electrons. The molecule has 0 bridgehead atoms. The van der Waals surface area contributed by atoms with E-state index in [1.807, 2.05) is 59.9 Å². The highest BCUT2D eigenvalue weighted by atomic mass is 32.2. The number of nitrogens with one attached hydrogen (secondary N) is 1. The highest BCUT2D eigenvalue weighted by Crippen LogP contribution is 2.30. The van der Waals surface area contributed by atoms with Gasteiger partial charge in [0.1, 0.15) is 11.6 Å². The number of aromatic nitrogens is 4. The number of thioether (sulfide) groups is 1. The average molecular weight is 393 g/mol. The van der Waals surface area contributed by atoms with E-state index >= 15 is 0 Å². The first-order valence-corrected chi connectivity index (χ1v) is 9.87. The SMILES string of the molecule is CCNC(=O)CSc1nnc2c3ccccc3nc(-c3cccc(OC)c3)n12. The largest absolute Gasteiger partial charge is 0.497 e. The van der Waals surface area contributed by atoms with Crippen molar-refractivity contribution in [3.63, 3.8) is 0 Å². The van der Waals surface area contributed by atoms with Crippen LogP contribution in [0.25, 0.3) is 27.9 Å². The summed E-state index contributed by atoms with van der Waals surface area (Å²) in [5.74, 6) is 1.67. The molecule has 7 nitrogen and oxygen atoms in total. The van der Waals surface area contributed by atoms with Gasteiger partial charge >= 0.3 is 0 Å². The zero-order chi connectivity index (χ0) is 19.5. The summed E-state index contributed by atoms with van der Waals surface area (Å²) in [6.45, 7) is 2.49. The smallest absolute Gasteiger partial charge is 0.230 e. The standard InChI is InChI=1S/C20H19N5O2S/c1-3-21-17(26)12-28-20-24-23-19-15-9-4-5-10-16(15)22-18(25(19)20)13-7-6-8-14(11-13)27-2/h4-11H,3,12H2,1-2H3,(H,21,26). The molecule has 0 spiro atoms. The molecular weight excluding hydrogens is 374 g/mol. The van der Waals surface area contributed by atoms with E-state index in [0.29, 0.717) is 23.2 Å². The molecule has 1 N–H and O–H groups in total. The first-order chi connectivity index (χ1) is 13.7. The second-order valence-electron chi connectivity index (χ2n) is 6.07. The Hall–Kier alpha value is -3.13. The number of nitrogens with zero attached hydrogens (tertiary/aromatic N) is 4. The van der Waals surface area contributed by atoms with Crippen LogP contribution in [0.4, 0.5) is 0 Å².